The Labute approximate surface area is 375 Å². The van der Waals surface area contributed by atoms with Gasteiger partial charge in [0.15, 0.2) is 11.1 Å². The molecule has 0 saturated carbocycles. The molecule has 0 radical (unpaired) electrons. The van der Waals surface area contributed by atoms with Gasteiger partial charge in [0.2, 0.25) is 0 Å². The van der Waals surface area contributed by atoms with Crippen molar-refractivity contribution in [3.05, 3.63) is 153 Å². The van der Waals surface area contributed by atoms with Gasteiger partial charge in [0.25, 0.3) is 0 Å². The van der Waals surface area contributed by atoms with Crippen molar-refractivity contribution in [2.75, 3.05) is 5.94 Å². The van der Waals surface area contributed by atoms with Gasteiger partial charge in [-0.3, -0.25) is 18.0 Å². The Bertz CT molecular complexity index is 2060. The minimum absolute atomic E-state index is 0. The van der Waals surface area contributed by atoms with Crippen LogP contribution in [0.3, 0.4) is 0 Å². The first-order chi connectivity index (χ1) is 26.9. The number of fused-ring (bicyclic) bond motifs is 3. The van der Waals surface area contributed by atoms with Crippen molar-refractivity contribution in [1.82, 2.24) is 0 Å². The SMILES string of the molecule is C.C=c1ccccc1=C.ClCc1ccccc1CCl.O=C1C=CC(=O)O1.O=C1OC(=O)C2Cc3ccccc3CC12.O=S([O-])CO.O=S1Cc2ccccc2CO1.[Na+]. The van der Waals surface area contributed by atoms with Crippen LogP contribution in [0, 0.1) is 11.8 Å². The Morgan fingerprint density at radius 3 is 1.43 bits per heavy atom. The average molecular weight is 882 g/mol. The van der Waals surface area contributed by atoms with Crippen LogP contribution < -0.4 is 40.0 Å². The summed E-state index contributed by atoms with van der Waals surface area (Å²) in [5.74, 6) is -1.49. The molecular formula is C42H43Cl2NaO11S2. The number of esters is 4. The van der Waals surface area contributed by atoms with Crippen molar-refractivity contribution in [3.63, 3.8) is 0 Å². The van der Waals surface area contributed by atoms with Gasteiger partial charge in [-0.25, -0.2) is 13.8 Å². The van der Waals surface area contributed by atoms with Crippen molar-refractivity contribution in [2.24, 2.45) is 11.8 Å². The summed E-state index contributed by atoms with van der Waals surface area (Å²) in [5, 5.41) is 9.54. The first-order valence-electron chi connectivity index (χ1n) is 16.8. The molecule has 1 fully saturated rings. The Balaban J connectivity index is 0.000000357. The predicted octanol–water partition coefficient (Wildman–Crippen LogP) is 2.23. The van der Waals surface area contributed by atoms with Gasteiger partial charge in [-0.1, -0.05) is 118 Å². The van der Waals surface area contributed by atoms with Crippen molar-refractivity contribution < 1.29 is 80.5 Å². The van der Waals surface area contributed by atoms with E-state index in [9.17, 15) is 23.4 Å². The van der Waals surface area contributed by atoms with Crippen LogP contribution in [0.15, 0.2) is 109 Å². The zero-order valence-electron chi connectivity index (χ0n) is 31.0. The van der Waals surface area contributed by atoms with Crippen LogP contribution in [0.4, 0.5) is 0 Å². The minimum Gasteiger partial charge on any atom is -0.771 e. The number of rotatable bonds is 3. The molecule has 0 bridgehead atoms. The van der Waals surface area contributed by atoms with Gasteiger partial charge in [-0.05, 0) is 67.7 Å². The van der Waals surface area contributed by atoms with Crippen LogP contribution in [-0.4, -0.2) is 47.9 Å². The fourth-order valence-electron chi connectivity index (χ4n) is 5.28. The van der Waals surface area contributed by atoms with Crippen molar-refractivity contribution in [3.8, 4) is 0 Å². The first-order valence-corrected chi connectivity index (χ1v) is 20.3. The van der Waals surface area contributed by atoms with Gasteiger partial charge < -0.3 is 19.1 Å². The summed E-state index contributed by atoms with van der Waals surface area (Å²) in [6.07, 6.45) is 3.46. The second-order valence-corrected chi connectivity index (χ2v) is 14.5. The van der Waals surface area contributed by atoms with Gasteiger partial charge in [-0.2, -0.15) is 0 Å². The van der Waals surface area contributed by atoms with Gasteiger partial charge >= 0.3 is 53.4 Å². The molecular weight excluding hydrogens is 838 g/mol. The monoisotopic (exact) mass is 880 g/mol. The Morgan fingerprint density at radius 2 is 1.07 bits per heavy atom. The van der Waals surface area contributed by atoms with Crippen LogP contribution >= 0.6 is 23.2 Å². The first kappa shape index (κ1) is 52.4. The molecule has 3 heterocycles. The van der Waals surface area contributed by atoms with E-state index in [1.807, 2.05) is 97.1 Å². The van der Waals surface area contributed by atoms with E-state index in [0.717, 1.165) is 44.8 Å². The number of aliphatic hydroxyl groups excluding tert-OH is 1. The van der Waals surface area contributed by atoms with Crippen LogP contribution in [0.2, 0.25) is 0 Å². The number of carbonyl (C=O) groups is 4. The number of carbonyl (C=O) groups excluding carboxylic acids is 4. The van der Waals surface area contributed by atoms with E-state index in [4.69, 9.17) is 41.3 Å². The predicted molar refractivity (Wildman–Crippen MR) is 220 cm³/mol. The molecule has 4 aromatic rings. The van der Waals surface area contributed by atoms with Crippen molar-refractivity contribution in [2.45, 2.75) is 44.4 Å². The largest absolute Gasteiger partial charge is 1.00 e. The van der Waals surface area contributed by atoms with Crippen molar-refractivity contribution >= 4 is 82.4 Å². The van der Waals surface area contributed by atoms with E-state index >= 15 is 0 Å². The molecule has 1 aliphatic carbocycles. The van der Waals surface area contributed by atoms with Crippen LogP contribution in [-0.2, 0) is 92.0 Å². The topological polar surface area (TPSA) is 173 Å². The standard InChI is InChI=1S/C12H10O3.C8H8Cl2.C8H8O2S.C8H8.C4H2O3.CH4O3S.CH4.Na/c13-11-9-5-7-3-1-2-4-8(7)6-10(9)12(14)15-11;9-5-7-3-1-2-4-8(7)6-10;9-11-6-8-4-2-1-3-7(8)5-10-11;1-7-5-3-4-6-8(7)2;5-3-1-2-4(6)7-3;2-1-5(3)4;;/h1-4,9-10H,5-6H2;1-4H,5-6H2;1-4H,5-6H2;3-6H,1-2H2;1-2H;2H,1H2,(H,3,4);1H4;/q;;;;;;;+1/p-1. The number of hydrogen-bond acceptors (Lipinski definition) is 11. The smallest absolute Gasteiger partial charge is 0.771 e. The minimum atomic E-state index is -2.27. The number of hydrogen-bond donors (Lipinski definition) is 1. The van der Waals surface area contributed by atoms with E-state index in [-0.39, 0.29) is 60.8 Å². The quantitative estimate of drug-likeness (QED) is 0.105. The maximum absolute atomic E-state index is 11.4. The molecule has 16 heteroatoms. The summed E-state index contributed by atoms with van der Waals surface area (Å²) >= 11 is 7.94. The summed E-state index contributed by atoms with van der Waals surface area (Å²) in [7, 11) is 0. The van der Waals surface area contributed by atoms with Gasteiger partial charge in [0.1, 0.15) is 5.94 Å². The summed E-state index contributed by atoms with van der Waals surface area (Å²) in [6.45, 7) is 8.00. The molecule has 4 aliphatic rings. The number of alkyl halides is 2. The maximum atomic E-state index is 11.4. The summed E-state index contributed by atoms with van der Waals surface area (Å²) in [6, 6.07) is 31.6. The molecule has 8 rings (SSSR count). The third-order valence-corrected chi connectivity index (χ3v) is 9.93. The molecule has 1 saturated heterocycles. The second-order valence-electron chi connectivity index (χ2n) is 11.9. The van der Waals surface area contributed by atoms with Crippen LogP contribution in [0.5, 0.6) is 0 Å². The Morgan fingerprint density at radius 1 is 0.690 bits per heavy atom. The van der Waals surface area contributed by atoms with Gasteiger partial charge in [-0.15, -0.1) is 23.2 Å². The van der Waals surface area contributed by atoms with Crippen molar-refractivity contribution in [1.29, 1.82) is 0 Å². The molecule has 11 nitrogen and oxygen atoms in total. The number of ether oxygens (including phenoxy) is 2. The average Bonchev–Trinajstić information content (AvgIpc) is 3.73. The van der Waals surface area contributed by atoms with E-state index in [1.54, 1.807) is 0 Å². The normalized spacial score (nSPS) is 18.0. The van der Waals surface area contributed by atoms with Gasteiger partial charge in [0, 0.05) is 23.9 Å². The number of cyclic esters (lactones) is 4. The second kappa shape index (κ2) is 28.0. The van der Waals surface area contributed by atoms with E-state index in [1.165, 1.54) is 11.1 Å². The van der Waals surface area contributed by atoms with Crippen LogP contribution in [0.25, 0.3) is 13.2 Å². The zero-order valence-corrected chi connectivity index (χ0v) is 36.2. The molecule has 4 unspecified atom stereocenters. The molecule has 0 amide bonds. The summed E-state index contributed by atoms with van der Waals surface area (Å²) < 4.78 is 42.8. The number of halogens is 2. The third kappa shape index (κ3) is 17.7. The molecule has 4 aromatic carbocycles. The molecule has 1 N–H and O–H groups in total. The van der Waals surface area contributed by atoms with E-state index in [0.29, 0.717) is 37.0 Å². The van der Waals surface area contributed by atoms with E-state index in [2.05, 4.69) is 22.6 Å². The fourth-order valence-corrected chi connectivity index (χ4v) is 6.67. The Kier molecular flexibility index (Phi) is 25.3. The zero-order chi connectivity index (χ0) is 41.0. The van der Waals surface area contributed by atoms with Crippen LogP contribution in [0.1, 0.15) is 40.8 Å². The fraction of sp³-hybridized carbons (Fsp3) is 0.238. The summed E-state index contributed by atoms with van der Waals surface area (Å²) in [4.78, 5) is 42.6. The summed E-state index contributed by atoms with van der Waals surface area (Å²) in [5.41, 5.74) is 6.90. The third-order valence-electron chi connectivity index (χ3n) is 8.21. The molecule has 4 atom stereocenters. The van der Waals surface area contributed by atoms with Gasteiger partial charge in [0.05, 0.1) is 24.2 Å². The molecule has 58 heavy (non-hydrogen) atoms. The molecule has 304 valence electrons. The molecule has 3 aliphatic heterocycles. The number of benzene rings is 4. The molecule has 0 aromatic heterocycles. The Hall–Kier alpha value is -3.60. The van der Waals surface area contributed by atoms with E-state index < -0.39 is 40.0 Å². The maximum Gasteiger partial charge on any atom is 1.00 e. The molecule has 0 spiro atoms. The number of aliphatic hydroxyl groups is 1.